The van der Waals surface area contributed by atoms with E-state index in [1.165, 1.54) is 11.1 Å². The molecule has 0 unspecified atom stereocenters. The molecule has 0 spiro atoms. The molecule has 0 saturated heterocycles. The molecular weight excluding hydrogens is 260 g/mol. The molecule has 0 bridgehead atoms. The van der Waals surface area contributed by atoms with Gasteiger partial charge in [0.1, 0.15) is 0 Å². The van der Waals surface area contributed by atoms with Crippen LogP contribution in [0.4, 0.5) is 0 Å². The quantitative estimate of drug-likeness (QED) is 0.855. The predicted octanol–water partition coefficient (Wildman–Crippen LogP) is 2.96. The summed E-state index contributed by atoms with van der Waals surface area (Å²) in [6.07, 6.45) is 0. The van der Waals surface area contributed by atoms with Crippen LogP contribution >= 0.6 is 0 Å². The Morgan fingerprint density at radius 3 is 2.38 bits per heavy atom. The second-order valence-electron chi connectivity index (χ2n) is 5.28. The van der Waals surface area contributed by atoms with Gasteiger partial charge in [0.25, 0.3) is 0 Å². The van der Waals surface area contributed by atoms with Crippen LogP contribution in [0.5, 0.6) is 0 Å². The van der Waals surface area contributed by atoms with E-state index in [0.717, 1.165) is 5.56 Å². The highest BCUT2D eigenvalue weighted by Gasteiger charge is 2.07. The minimum Gasteiger partial charge on any atom is -0.351 e. The molecule has 2 N–H and O–H groups in total. The summed E-state index contributed by atoms with van der Waals surface area (Å²) >= 11 is 0. The third-order valence-corrected chi connectivity index (χ3v) is 3.48. The van der Waals surface area contributed by atoms with Gasteiger partial charge in [-0.05, 0) is 25.0 Å². The maximum atomic E-state index is 11.8. The zero-order valence-electron chi connectivity index (χ0n) is 12.6. The van der Waals surface area contributed by atoms with Gasteiger partial charge in [-0.15, -0.1) is 0 Å². The van der Waals surface area contributed by atoms with Crippen molar-refractivity contribution in [2.45, 2.75) is 26.4 Å². The molecular formula is C18H22N2O. The number of rotatable bonds is 6. The van der Waals surface area contributed by atoms with E-state index >= 15 is 0 Å². The highest BCUT2D eigenvalue weighted by Crippen LogP contribution is 2.12. The zero-order valence-corrected chi connectivity index (χ0v) is 12.6. The van der Waals surface area contributed by atoms with Gasteiger partial charge >= 0.3 is 0 Å². The van der Waals surface area contributed by atoms with Gasteiger partial charge in [0, 0.05) is 12.6 Å². The molecule has 0 radical (unpaired) electrons. The first-order valence-electron chi connectivity index (χ1n) is 7.26. The predicted molar refractivity (Wildman–Crippen MR) is 85.9 cm³/mol. The number of aryl methyl sites for hydroxylation is 1. The summed E-state index contributed by atoms with van der Waals surface area (Å²) in [4.78, 5) is 11.8. The van der Waals surface area contributed by atoms with Crippen LogP contribution in [0.1, 0.15) is 29.7 Å². The highest BCUT2D eigenvalue weighted by molar-refractivity contribution is 5.78. The van der Waals surface area contributed by atoms with E-state index < -0.39 is 0 Å². The first-order chi connectivity index (χ1) is 10.1. The van der Waals surface area contributed by atoms with E-state index in [-0.39, 0.29) is 11.9 Å². The molecule has 2 aromatic rings. The first-order valence-corrected chi connectivity index (χ1v) is 7.26. The van der Waals surface area contributed by atoms with Crippen LogP contribution in [0.2, 0.25) is 0 Å². The molecule has 0 aliphatic heterocycles. The summed E-state index contributed by atoms with van der Waals surface area (Å²) in [6, 6.07) is 18.4. The van der Waals surface area contributed by atoms with Gasteiger partial charge in [-0.25, -0.2) is 0 Å². The summed E-state index contributed by atoms with van der Waals surface area (Å²) in [5, 5.41) is 6.16. The Hall–Kier alpha value is -2.13. The van der Waals surface area contributed by atoms with Crippen molar-refractivity contribution >= 4 is 5.91 Å². The average Bonchev–Trinajstić information content (AvgIpc) is 2.52. The van der Waals surface area contributed by atoms with Crippen LogP contribution in [0.3, 0.4) is 0 Å². The van der Waals surface area contributed by atoms with Gasteiger partial charge in [-0.1, -0.05) is 60.2 Å². The smallest absolute Gasteiger partial charge is 0.234 e. The Labute approximate surface area is 126 Å². The lowest BCUT2D eigenvalue weighted by Gasteiger charge is -2.14. The van der Waals surface area contributed by atoms with E-state index in [1.54, 1.807) is 0 Å². The number of benzene rings is 2. The van der Waals surface area contributed by atoms with Crippen molar-refractivity contribution in [3.8, 4) is 0 Å². The summed E-state index contributed by atoms with van der Waals surface area (Å²) in [5.74, 6) is 0.0119. The van der Waals surface area contributed by atoms with Gasteiger partial charge in [0.05, 0.1) is 6.54 Å². The second kappa shape index (κ2) is 7.60. The molecule has 1 amide bonds. The molecule has 0 aliphatic rings. The molecule has 0 aromatic heterocycles. The SMILES string of the molecule is Cc1ccc([C@H](C)NCC(=O)NCc2ccccc2)cc1. The minimum atomic E-state index is 0.0119. The molecule has 110 valence electrons. The lowest BCUT2D eigenvalue weighted by molar-refractivity contribution is -0.120. The third-order valence-electron chi connectivity index (χ3n) is 3.48. The molecule has 3 nitrogen and oxygen atoms in total. The average molecular weight is 282 g/mol. The number of carbonyl (C=O) groups excluding carboxylic acids is 1. The molecule has 0 aliphatic carbocycles. The fraction of sp³-hybridized carbons (Fsp3) is 0.278. The Morgan fingerprint density at radius 2 is 1.71 bits per heavy atom. The molecule has 2 rings (SSSR count). The number of hydrogen-bond acceptors (Lipinski definition) is 2. The zero-order chi connectivity index (χ0) is 15.1. The van der Waals surface area contributed by atoms with Crippen LogP contribution in [0.15, 0.2) is 54.6 Å². The monoisotopic (exact) mass is 282 g/mol. The van der Waals surface area contributed by atoms with E-state index in [2.05, 4.69) is 48.7 Å². The standard InChI is InChI=1S/C18H22N2O/c1-14-8-10-17(11-9-14)15(2)19-13-18(21)20-12-16-6-4-3-5-7-16/h3-11,15,19H,12-13H2,1-2H3,(H,20,21)/t15-/m0/s1. The van der Waals surface area contributed by atoms with Crippen molar-refractivity contribution < 1.29 is 4.79 Å². The summed E-state index contributed by atoms with van der Waals surface area (Å²) in [5.41, 5.74) is 3.54. The maximum absolute atomic E-state index is 11.8. The fourth-order valence-electron chi connectivity index (χ4n) is 2.08. The van der Waals surface area contributed by atoms with E-state index in [0.29, 0.717) is 13.1 Å². The van der Waals surface area contributed by atoms with E-state index in [9.17, 15) is 4.79 Å². The van der Waals surface area contributed by atoms with Gasteiger partial charge in [0.15, 0.2) is 0 Å². The van der Waals surface area contributed by atoms with Crippen LogP contribution in [0, 0.1) is 6.92 Å². The van der Waals surface area contributed by atoms with Crippen molar-refractivity contribution in [3.63, 3.8) is 0 Å². The minimum absolute atomic E-state index is 0.0119. The Balaban J connectivity index is 1.74. The molecule has 0 heterocycles. The van der Waals surface area contributed by atoms with Crippen LogP contribution in [-0.2, 0) is 11.3 Å². The number of amides is 1. The van der Waals surface area contributed by atoms with Gasteiger partial charge < -0.3 is 10.6 Å². The number of carbonyl (C=O) groups is 1. The second-order valence-corrected chi connectivity index (χ2v) is 5.28. The topological polar surface area (TPSA) is 41.1 Å². The van der Waals surface area contributed by atoms with Crippen molar-refractivity contribution in [2.24, 2.45) is 0 Å². The lowest BCUT2D eigenvalue weighted by atomic mass is 10.1. The Morgan fingerprint density at radius 1 is 1.05 bits per heavy atom. The molecule has 0 saturated carbocycles. The van der Waals surface area contributed by atoms with Crippen LogP contribution in [-0.4, -0.2) is 12.5 Å². The van der Waals surface area contributed by atoms with Gasteiger partial charge in [-0.2, -0.15) is 0 Å². The van der Waals surface area contributed by atoms with E-state index in [1.807, 2.05) is 30.3 Å². The summed E-state index contributed by atoms with van der Waals surface area (Å²) < 4.78 is 0. The lowest BCUT2D eigenvalue weighted by Crippen LogP contribution is -2.34. The number of nitrogens with one attached hydrogen (secondary N) is 2. The van der Waals surface area contributed by atoms with Gasteiger partial charge in [-0.3, -0.25) is 4.79 Å². The molecule has 0 fully saturated rings. The molecule has 1 atom stereocenters. The molecule has 2 aromatic carbocycles. The summed E-state index contributed by atoms with van der Waals surface area (Å²) in [7, 11) is 0. The highest BCUT2D eigenvalue weighted by atomic mass is 16.1. The third kappa shape index (κ3) is 5.04. The fourth-order valence-corrected chi connectivity index (χ4v) is 2.08. The molecule has 3 heteroatoms. The van der Waals surface area contributed by atoms with Crippen LogP contribution in [0.25, 0.3) is 0 Å². The normalized spacial score (nSPS) is 11.9. The van der Waals surface area contributed by atoms with Crippen molar-refractivity contribution in [1.29, 1.82) is 0 Å². The Kier molecular flexibility index (Phi) is 5.52. The maximum Gasteiger partial charge on any atom is 0.234 e. The van der Waals surface area contributed by atoms with E-state index in [4.69, 9.17) is 0 Å². The largest absolute Gasteiger partial charge is 0.351 e. The molecule has 21 heavy (non-hydrogen) atoms. The first kappa shape index (κ1) is 15.3. The summed E-state index contributed by atoms with van der Waals surface area (Å²) in [6.45, 7) is 5.02. The van der Waals surface area contributed by atoms with Crippen molar-refractivity contribution in [1.82, 2.24) is 10.6 Å². The Bertz CT molecular complexity index is 564. The van der Waals surface area contributed by atoms with Gasteiger partial charge in [0.2, 0.25) is 5.91 Å². The van der Waals surface area contributed by atoms with Crippen molar-refractivity contribution in [2.75, 3.05) is 6.54 Å². The van der Waals surface area contributed by atoms with Crippen molar-refractivity contribution in [3.05, 3.63) is 71.3 Å². The van der Waals surface area contributed by atoms with Crippen LogP contribution < -0.4 is 10.6 Å². The number of hydrogen-bond donors (Lipinski definition) is 2.